The SMILES string of the molecule is CCC(CCC(C)C(C)C)N(C)C. The molecule has 0 bridgehead atoms. The van der Waals surface area contributed by atoms with Crippen molar-refractivity contribution < 1.29 is 0 Å². The molecule has 0 fully saturated rings. The monoisotopic (exact) mass is 185 g/mol. The smallest absolute Gasteiger partial charge is 0.00866 e. The summed E-state index contributed by atoms with van der Waals surface area (Å²) in [5.74, 6) is 1.70. The largest absolute Gasteiger partial charge is 0.306 e. The van der Waals surface area contributed by atoms with Crippen LogP contribution in [0.5, 0.6) is 0 Å². The maximum absolute atomic E-state index is 2.37. The highest BCUT2D eigenvalue weighted by Gasteiger charge is 2.12. The van der Waals surface area contributed by atoms with Crippen molar-refractivity contribution in [3.05, 3.63) is 0 Å². The van der Waals surface area contributed by atoms with E-state index in [4.69, 9.17) is 0 Å². The third-order valence-corrected chi connectivity index (χ3v) is 3.29. The Kier molecular flexibility index (Phi) is 6.40. The van der Waals surface area contributed by atoms with Gasteiger partial charge in [-0.25, -0.2) is 0 Å². The molecule has 0 rings (SSSR count). The van der Waals surface area contributed by atoms with E-state index in [9.17, 15) is 0 Å². The standard InChI is InChI=1S/C12H27N/c1-7-12(13(5)6)9-8-11(4)10(2)3/h10-12H,7-9H2,1-6H3. The van der Waals surface area contributed by atoms with Crippen LogP contribution in [0.15, 0.2) is 0 Å². The second kappa shape index (κ2) is 6.42. The normalized spacial score (nSPS) is 16.6. The summed E-state index contributed by atoms with van der Waals surface area (Å²) in [6.07, 6.45) is 4.00. The molecule has 0 N–H and O–H groups in total. The molecule has 1 heteroatoms. The summed E-state index contributed by atoms with van der Waals surface area (Å²) in [5, 5.41) is 0. The Morgan fingerprint density at radius 2 is 1.54 bits per heavy atom. The molecule has 0 heterocycles. The molecular weight excluding hydrogens is 158 g/mol. The van der Waals surface area contributed by atoms with Crippen LogP contribution in [0.4, 0.5) is 0 Å². The maximum Gasteiger partial charge on any atom is 0.00866 e. The molecule has 0 saturated carbocycles. The van der Waals surface area contributed by atoms with Gasteiger partial charge < -0.3 is 4.90 Å². The molecule has 0 aromatic carbocycles. The highest BCUT2D eigenvalue weighted by molar-refractivity contribution is 4.67. The summed E-state index contributed by atoms with van der Waals surface area (Å²) in [4.78, 5) is 2.35. The Bertz CT molecular complexity index is 118. The molecule has 0 aliphatic carbocycles. The van der Waals surface area contributed by atoms with Crippen LogP contribution in [0.2, 0.25) is 0 Å². The van der Waals surface area contributed by atoms with Crippen molar-refractivity contribution in [2.75, 3.05) is 14.1 Å². The minimum absolute atomic E-state index is 0.779. The fourth-order valence-electron chi connectivity index (χ4n) is 1.62. The molecule has 0 aromatic rings. The Hall–Kier alpha value is -0.0400. The van der Waals surface area contributed by atoms with E-state index in [2.05, 4.69) is 46.7 Å². The highest BCUT2D eigenvalue weighted by Crippen LogP contribution is 2.19. The van der Waals surface area contributed by atoms with Gasteiger partial charge >= 0.3 is 0 Å². The molecule has 0 aliphatic heterocycles. The molecule has 80 valence electrons. The summed E-state index contributed by atoms with van der Waals surface area (Å²) < 4.78 is 0. The van der Waals surface area contributed by atoms with Crippen LogP contribution in [0.25, 0.3) is 0 Å². The van der Waals surface area contributed by atoms with E-state index in [-0.39, 0.29) is 0 Å². The number of rotatable bonds is 6. The van der Waals surface area contributed by atoms with Crippen molar-refractivity contribution in [1.29, 1.82) is 0 Å². The van der Waals surface area contributed by atoms with E-state index in [1.165, 1.54) is 19.3 Å². The first kappa shape index (κ1) is 13.0. The zero-order valence-corrected chi connectivity index (χ0v) is 10.3. The third-order valence-electron chi connectivity index (χ3n) is 3.29. The first-order valence-electron chi connectivity index (χ1n) is 5.65. The van der Waals surface area contributed by atoms with E-state index < -0.39 is 0 Å². The van der Waals surface area contributed by atoms with Crippen molar-refractivity contribution in [1.82, 2.24) is 4.90 Å². The van der Waals surface area contributed by atoms with E-state index in [1.807, 2.05) is 0 Å². The van der Waals surface area contributed by atoms with Crippen LogP contribution in [-0.4, -0.2) is 25.0 Å². The van der Waals surface area contributed by atoms with Gasteiger partial charge in [0.15, 0.2) is 0 Å². The lowest BCUT2D eigenvalue weighted by atomic mass is 9.91. The average molecular weight is 185 g/mol. The summed E-state index contributed by atoms with van der Waals surface area (Å²) in [6, 6.07) is 0.779. The van der Waals surface area contributed by atoms with Crippen molar-refractivity contribution in [2.24, 2.45) is 11.8 Å². The maximum atomic E-state index is 2.37. The van der Waals surface area contributed by atoms with E-state index in [0.29, 0.717) is 0 Å². The zero-order valence-electron chi connectivity index (χ0n) is 10.3. The van der Waals surface area contributed by atoms with Crippen LogP contribution in [0, 0.1) is 11.8 Å². The minimum atomic E-state index is 0.779. The fraction of sp³-hybridized carbons (Fsp3) is 1.00. The Balaban J connectivity index is 3.72. The molecule has 2 unspecified atom stereocenters. The van der Waals surface area contributed by atoms with E-state index in [1.54, 1.807) is 0 Å². The van der Waals surface area contributed by atoms with Crippen LogP contribution in [0.1, 0.15) is 47.0 Å². The second-order valence-electron chi connectivity index (χ2n) is 4.82. The molecule has 13 heavy (non-hydrogen) atoms. The van der Waals surface area contributed by atoms with E-state index in [0.717, 1.165) is 17.9 Å². The molecule has 0 aliphatic rings. The molecule has 0 amide bonds. The summed E-state index contributed by atoms with van der Waals surface area (Å²) in [5.41, 5.74) is 0. The third kappa shape index (κ3) is 5.30. The topological polar surface area (TPSA) is 3.24 Å². The molecule has 0 spiro atoms. The highest BCUT2D eigenvalue weighted by atomic mass is 15.1. The molecule has 0 aromatic heterocycles. The molecule has 2 atom stereocenters. The Morgan fingerprint density at radius 1 is 1.00 bits per heavy atom. The van der Waals surface area contributed by atoms with Crippen LogP contribution >= 0.6 is 0 Å². The summed E-state index contributed by atoms with van der Waals surface area (Å²) in [7, 11) is 4.38. The summed E-state index contributed by atoms with van der Waals surface area (Å²) in [6.45, 7) is 9.29. The lowest BCUT2D eigenvalue weighted by Gasteiger charge is -2.25. The molecule has 0 radical (unpaired) electrons. The van der Waals surface area contributed by atoms with Gasteiger partial charge in [0, 0.05) is 6.04 Å². The van der Waals surface area contributed by atoms with Gasteiger partial charge in [-0.2, -0.15) is 0 Å². The van der Waals surface area contributed by atoms with Crippen LogP contribution < -0.4 is 0 Å². The number of nitrogens with zero attached hydrogens (tertiary/aromatic N) is 1. The van der Waals surface area contributed by atoms with Crippen molar-refractivity contribution in [3.63, 3.8) is 0 Å². The predicted molar refractivity (Wildman–Crippen MR) is 61.0 cm³/mol. The van der Waals surface area contributed by atoms with Gasteiger partial charge in [-0.15, -0.1) is 0 Å². The van der Waals surface area contributed by atoms with Crippen molar-refractivity contribution in [2.45, 2.75) is 53.0 Å². The van der Waals surface area contributed by atoms with Crippen molar-refractivity contribution >= 4 is 0 Å². The van der Waals surface area contributed by atoms with Gasteiger partial charge in [-0.05, 0) is 45.2 Å². The molecular formula is C12H27N. The van der Waals surface area contributed by atoms with Gasteiger partial charge in [-0.1, -0.05) is 27.7 Å². The molecule has 1 nitrogen and oxygen atoms in total. The predicted octanol–water partition coefficient (Wildman–Crippen LogP) is 3.40. The molecule has 0 saturated heterocycles. The van der Waals surface area contributed by atoms with Crippen LogP contribution in [-0.2, 0) is 0 Å². The number of hydrogen-bond donors (Lipinski definition) is 0. The lowest BCUT2D eigenvalue weighted by Crippen LogP contribution is -2.27. The minimum Gasteiger partial charge on any atom is -0.306 e. The first-order valence-corrected chi connectivity index (χ1v) is 5.65. The fourth-order valence-corrected chi connectivity index (χ4v) is 1.62. The Labute approximate surface area is 84.5 Å². The zero-order chi connectivity index (χ0) is 10.4. The Morgan fingerprint density at radius 3 is 1.85 bits per heavy atom. The van der Waals surface area contributed by atoms with Gasteiger partial charge in [0.1, 0.15) is 0 Å². The first-order chi connectivity index (χ1) is 5.99. The van der Waals surface area contributed by atoms with Gasteiger partial charge in [0.25, 0.3) is 0 Å². The van der Waals surface area contributed by atoms with Gasteiger partial charge in [-0.3, -0.25) is 0 Å². The van der Waals surface area contributed by atoms with E-state index >= 15 is 0 Å². The van der Waals surface area contributed by atoms with Crippen LogP contribution in [0.3, 0.4) is 0 Å². The average Bonchev–Trinajstić information content (AvgIpc) is 2.04. The quantitative estimate of drug-likeness (QED) is 0.613. The van der Waals surface area contributed by atoms with Gasteiger partial charge in [0.2, 0.25) is 0 Å². The number of hydrogen-bond acceptors (Lipinski definition) is 1. The second-order valence-corrected chi connectivity index (χ2v) is 4.82. The lowest BCUT2D eigenvalue weighted by molar-refractivity contribution is 0.244. The van der Waals surface area contributed by atoms with Gasteiger partial charge in [0.05, 0.1) is 0 Å². The summed E-state index contributed by atoms with van der Waals surface area (Å²) >= 11 is 0. The van der Waals surface area contributed by atoms with Crippen molar-refractivity contribution in [3.8, 4) is 0 Å².